The van der Waals surface area contributed by atoms with E-state index in [0.29, 0.717) is 23.0 Å². The first-order valence-electron chi connectivity index (χ1n) is 10.6. The van der Waals surface area contributed by atoms with Crippen molar-refractivity contribution in [1.29, 1.82) is 0 Å². The van der Waals surface area contributed by atoms with Gasteiger partial charge in [-0.25, -0.2) is 0 Å². The monoisotopic (exact) mass is 318 g/mol. The van der Waals surface area contributed by atoms with Gasteiger partial charge in [-0.3, -0.25) is 0 Å². The van der Waals surface area contributed by atoms with Gasteiger partial charge < -0.3 is 4.74 Å². The van der Waals surface area contributed by atoms with Gasteiger partial charge in [0.1, 0.15) is 0 Å². The van der Waals surface area contributed by atoms with Crippen LogP contribution in [0, 0.1) is 34.5 Å². The third-order valence-electron chi connectivity index (χ3n) is 8.93. The summed E-state index contributed by atoms with van der Waals surface area (Å²) in [6.07, 6.45) is 15.7. The van der Waals surface area contributed by atoms with Crippen LogP contribution in [0.5, 0.6) is 0 Å². The zero-order valence-electron chi connectivity index (χ0n) is 15.9. The van der Waals surface area contributed by atoms with Gasteiger partial charge in [0, 0.05) is 0 Å². The van der Waals surface area contributed by atoms with Gasteiger partial charge in [-0.15, -0.1) is 0 Å². The van der Waals surface area contributed by atoms with E-state index in [1.54, 1.807) is 0 Å². The van der Waals surface area contributed by atoms with Crippen LogP contribution >= 0.6 is 0 Å². The molecule has 0 heterocycles. The highest BCUT2D eigenvalue weighted by molar-refractivity contribution is 5.09. The fourth-order valence-corrected chi connectivity index (χ4v) is 7.80. The molecule has 23 heavy (non-hydrogen) atoms. The lowest BCUT2D eigenvalue weighted by Crippen LogP contribution is -2.53. The number of ether oxygens (including phenoxy) is 1. The molecule has 0 saturated heterocycles. The Bertz CT molecular complexity index is 443. The molecule has 0 aromatic carbocycles. The lowest BCUT2D eigenvalue weighted by atomic mass is 9.45. The Morgan fingerprint density at radius 1 is 0.783 bits per heavy atom. The normalized spacial score (nSPS) is 52.8. The highest BCUT2D eigenvalue weighted by Crippen LogP contribution is 2.66. The third kappa shape index (κ3) is 2.43. The average molecular weight is 319 g/mol. The van der Waals surface area contributed by atoms with Gasteiger partial charge in [-0.05, 0) is 99.7 Å². The number of fused-ring (bicyclic) bond motifs is 5. The van der Waals surface area contributed by atoms with E-state index in [9.17, 15) is 0 Å². The molecule has 0 bridgehead atoms. The maximum absolute atomic E-state index is 6.40. The van der Waals surface area contributed by atoms with Crippen LogP contribution in [0.15, 0.2) is 0 Å². The summed E-state index contributed by atoms with van der Waals surface area (Å²) in [6, 6.07) is 0. The second-order valence-corrected chi connectivity index (χ2v) is 10.2. The molecule has 4 saturated carbocycles. The SMILES string of the molecule is CC(C)O[C@H]1CC[C@H]2[C@@H]3CC[C@H]4CCCC[C@]4(C)[C@H]3CC[C@]12C. The summed E-state index contributed by atoms with van der Waals surface area (Å²) >= 11 is 0. The van der Waals surface area contributed by atoms with Gasteiger partial charge >= 0.3 is 0 Å². The first-order chi connectivity index (χ1) is 10.9. The van der Waals surface area contributed by atoms with E-state index in [4.69, 9.17) is 4.74 Å². The molecular formula is C22H38O. The first-order valence-corrected chi connectivity index (χ1v) is 10.6. The predicted molar refractivity (Wildman–Crippen MR) is 96.4 cm³/mol. The van der Waals surface area contributed by atoms with Gasteiger partial charge in [-0.1, -0.05) is 26.7 Å². The van der Waals surface area contributed by atoms with Crippen LogP contribution in [0.2, 0.25) is 0 Å². The number of rotatable bonds is 2. The molecule has 0 spiro atoms. The molecule has 1 nitrogen and oxygen atoms in total. The van der Waals surface area contributed by atoms with Crippen LogP contribution in [0.4, 0.5) is 0 Å². The Kier molecular flexibility index (Phi) is 4.11. The van der Waals surface area contributed by atoms with Crippen LogP contribution in [0.1, 0.15) is 91.9 Å². The first kappa shape index (κ1) is 16.4. The van der Waals surface area contributed by atoms with E-state index in [2.05, 4.69) is 27.7 Å². The predicted octanol–water partition coefficient (Wildman–Crippen LogP) is 6.21. The highest BCUT2D eigenvalue weighted by Gasteiger charge is 2.60. The summed E-state index contributed by atoms with van der Waals surface area (Å²) in [5.41, 5.74) is 1.16. The highest BCUT2D eigenvalue weighted by atomic mass is 16.5. The average Bonchev–Trinajstić information content (AvgIpc) is 2.83. The van der Waals surface area contributed by atoms with E-state index < -0.39 is 0 Å². The molecule has 0 unspecified atom stereocenters. The van der Waals surface area contributed by atoms with Crippen molar-refractivity contribution in [3.8, 4) is 0 Å². The molecule has 0 aliphatic heterocycles. The maximum Gasteiger partial charge on any atom is 0.0635 e. The minimum atomic E-state index is 0.389. The van der Waals surface area contributed by atoms with Gasteiger partial charge in [0.15, 0.2) is 0 Å². The summed E-state index contributed by atoms with van der Waals surface area (Å²) in [5.74, 6) is 4.03. The molecule has 0 N–H and O–H groups in total. The van der Waals surface area contributed by atoms with E-state index in [0.717, 1.165) is 23.7 Å². The van der Waals surface area contributed by atoms with Crippen molar-refractivity contribution in [2.45, 2.75) is 104 Å². The van der Waals surface area contributed by atoms with Crippen molar-refractivity contribution >= 4 is 0 Å². The molecule has 4 aliphatic rings. The Labute approximate surface area is 143 Å². The van der Waals surface area contributed by atoms with Crippen molar-refractivity contribution < 1.29 is 4.74 Å². The Morgan fingerprint density at radius 2 is 1.57 bits per heavy atom. The fourth-order valence-electron chi connectivity index (χ4n) is 7.80. The van der Waals surface area contributed by atoms with Crippen LogP contribution in [0.3, 0.4) is 0 Å². The molecular weight excluding hydrogens is 280 g/mol. The number of hydrogen-bond acceptors (Lipinski definition) is 1. The zero-order chi connectivity index (χ0) is 16.2. The van der Waals surface area contributed by atoms with Gasteiger partial charge in [-0.2, -0.15) is 0 Å². The smallest absolute Gasteiger partial charge is 0.0635 e. The molecule has 0 amide bonds. The Balaban J connectivity index is 1.57. The van der Waals surface area contributed by atoms with E-state index in [1.807, 2.05) is 0 Å². The van der Waals surface area contributed by atoms with Crippen LogP contribution in [-0.4, -0.2) is 12.2 Å². The summed E-state index contributed by atoms with van der Waals surface area (Å²) in [6.45, 7) is 9.71. The molecule has 4 aliphatic carbocycles. The van der Waals surface area contributed by atoms with E-state index in [1.165, 1.54) is 64.2 Å². The summed E-state index contributed by atoms with van der Waals surface area (Å²) in [7, 11) is 0. The summed E-state index contributed by atoms with van der Waals surface area (Å²) in [5, 5.41) is 0. The van der Waals surface area contributed by atoms with Crippen molar-refractivity contribution in [2.75, 3.05) is 0 Å². The van der Waals surface area contributed by atoms with E-state index in [-0.39, 0.29) is 0 Å². The van der Waals surface area contributed by atoms with Crippen molar-refractivity contribution in [3.05, 3.63) is 0 Å². The molecule has 4 fully saturated rings. The lowest BCUT2D eigenvalue weighted by molar-refractivity contribution is -0.137. The van der Waals surface area contributed by atoms with Crippen LogP contribution in [-0.2, 0) is 4.74 Å². The lowest BCUT2D eigenvalue weighted by Gasteiger charge is -2.60. The van der Waals surface area contributed by atoms with Crippen molar-refractivity contribution in [3.63, 3.8) is 0 Å². The topological polar surface area (TPSA) is 9.23 Å². The molecule has 0 aromatic rings. The molecule has 1 heteroatoms. The minimum Gasteiger partial charge on any atom is -0.375 e. The van der Waals surface area contributed by atoms with Crippen LogP contribution in [0.25, 0.3) is 0 Å². The molecule has 0 radical (unpaired) electrons. The van der Waals surface area contributed by atoms with Crippen molar-refractivity contribution in [1.82, 2.24) is 0 Å². The molecule has 132 valence electrons. The second kappa shape index (κ2) is 5.75. The third-order valence-corrected chi connectivity index (χ3v) is 8.93. The maximum atomic E-state index is 6.40. The van der Waals surface area contributed by atoms with Crippen LogP contribution < -0.4 is 0 Å². The molecule has 7 atom stereocenters. The number of hydrogen-bond donors (Lipinski definition) is 0. The van der Waals surface area contributed by atoms with Crippen molar-refractivity contribution in [2.24, 2.45) is 34.5 Å². The second-order valence-electron chi connectivity index (χ2n) is 10.2. The summed E-state index contributed by atoms with van der Waals surface area (Å²) in [4.78, 5) is 0. The largest absolute Gasteiger partial charge is 0.375 e. The molecule has 4 rings (SSSR count). The molecule has 0 aromatic heterocycles. The van der Waals surface area contributed by atoms with Gasteiger partial charge in [0.2, 0.25) is 0 Å². The summed E-state index contributed by atoms with van der Waals surface area (Å²) < 4.78 is 6.40. The van der Waals surface area contributed by atoms with Gasteiger partial charge in [0.25, 0.3) is 0 Å². The zero-order valence-corrected chi connectivity index (χ0v) is 15.9. The van der Waals surface area contributed by atoms with Gasteiger partial charge in [0.05, 0.1) is 12.2 Å². The quantitative estimate of drug-likeness (QED) is 0.588. The standard InChI is InChI=1S/C22H38O/c1-15(2)23-20-11-10-18-17-9-8-16-7-5-6-13-21(16,3)19(17)12-14-22(18,20)4/h15-20H,5-14H2,1-4H3/t16-,17+,18+,19+,20+,21+,22+/m1/s1. The van der Waals surface area contributed by atoms with E-state index >= 15 is 0 Å². The Hall–Kier alpha value is -0.0400. The minimum absolute atomic E-state index is 0.389. The fraction of sp³-hybridized carbons (Fsp3) is 1.00. The Morgan fingerprint density at radius 3 is 2.35 bits per heavy atom.